The Hall–Kier alpha value is -1.33. The van der Waals surface area contributed by atoms with E-state index in [2.05, 4.69) is 38.8 Å². The van der Waals surface area contributed by atoms with Gasteiger partial charge >= 0.3 is 0 Å². The molecule has 0 amide bonds. The third kappa shape index (κ3) is 2.60. The Morgan fingerprint density at radius 1 is 1.45 bits per heavy atom. The van der Waals surface area contributed by atoms with Crippen LogP contribution in [-0.4, -0.2) is 30.8 Å². The number of hydrogen-bond acceptors (Lipinski definition) is 4. The first-order valence-electron chi connectivity index (χ1n) is 6.85. The monoisotopic (exact) mass is 335 g/mol. The Morgan fingerprint density at radius 3 is 3.15 bits per heavy atom. The van der Waals surface area contributed by atoms with Crippen molar-refractivity contribution in [2.24, 2.45) is 0 Å². The van der Waals surface area contributed by atoms with E-state index in [0.717, 1.165) is 52.9 Å². The molecule has 1 aliphatic rings. The minimum atomic E-state index is 0.237. The normalized spacial score (nSPS) is 20.1. The van der Waals surface area contributed by atoms with Gasteiger partial charge in [-0.15, -0.1) is 0 Å². The predicted octanol–water partition coefficient (Wildman–Crippen LogP) is 3.19. The zero-order valence-electron chi connectivity index (χ0n) is 11.5. The van der Waals surface area contributed by atoms with Crippen LogP contribution in [0.15, 0.2) is 28.9 Å². The second-order valence-corrected chi connectivity index (χ2v) is 6.12. The number of halogens is 1. The van der Waals surface area contributed by atoms with E-state index in [1.165, 1.54) is 0 Å². The van der Waals surface area contributed by atoms with Gasteiger partial charge in [0, 0.05) is 41.4 Å². The van der Waals surface area contributed by atoms with Crippen molar-refractivity contribution in [1.29, 1.82) is 0 Å². The standard InChI is InChI=1S/C15H18BrN3O/c1-10-9-19(5-2-6-20-10)14-4-3-13(17)12-7-11(16)8-18-15(12)14/h3-4,7-8,10H,2,5-6,9,17H2,1H3. The number of pyridine rings is 1. The Bertz CT molecular complexity index is 632. The van der Waals surface area contributed by atoms with Gasteiger partial charge in [0.15, 0.2) is 0 Å². The van der Waals surface area contributed by atoms with Gasteiger partial charge in [-0.2, -0.15) is 0 Å². The lowest BCUT2D eigenvalue weighted by atomic mass is 10.1. The Balaban J connectivity index is 2.09. The highest BCUT2D eigenvalue weighted by atomic mass is 79.9. The lowest BCUT2D eigenvalue weighted by Gasteiger charge is -2.25. The molecule has 2 N–H and O–H groups in total. The summed E-state index contributed by atoms with van der Waals surface area (Å²) >= 11 is 3.46. The maximum atomic E-state index is 6.08. The Morgan fingerprint density at radius 2 is 2.30 bits per heavy atom. The molecular formula is C15H18BrN3O. The van der Waals surface area contributed by atoms with Crippen LogP contribution >= 0.6 is 15.9 Å². The van der Waals surface area contributed by atoms with Crippen molar-refractivity contribution in [3.8, 4) is 0 Å². The minimum Gasteiger partial charge on any atom is -0.398 e. The first-order valence-corrected chi connectivity index (χ1v) is 7.65. The van der Waals surface area contributed by atoms with Crippen molar-refractivity contribution in [2.45, 2.75) is 19.4 Å². The van der Waals surface area contributed by atoms with E-state index in [1.54, 1.807) is 0 Å². The largest absolute Gasteiger partial charge is 0.398 e. The van der Waals surface area contributed by atoms with Crippen LogP contribution in [0.4, 0.5) is 11.4 Å². The lowest BCUT2D eigenvalue weighted by molar-refractivity contribution is 0.0821. The molecule has 20 heavy (non-hydrogen) atoms. The van der Waals surface area contributed by atoms with Crippen molar-refractivity contribution >= 4 is 38.2 Å². The molecular weight excluding hydrogens is 318 g/mol. The van der Waals surface area contributed by atoms with Crippen molar-refractivity contribution in [1.82, 2.24) is 4.98 Å². The molecule has 4 nitrogen and oxygen atoms in total. The van der Waals surface area contributed by atoms with E-state index in [1.807, 2.05) is 18.3 Å². The first kappa shape index (κ1) is 13.6. The fourth-order valence-electron chi connectivity index (χ4n) is 2.67. The van der Waals surface area contributed by atoms with E-state index in [9.17, 15) is 0 Å². The predicted molar refractivity (Wildman–Crippen MR) is 86.1 cm³/mol. The summed E-state index contributed by atoms with van der Waals surface area (Å²) in [5.74, 6) is 0. The maximum absolute atomic E-state index is 6.08. The van der Waals surface area contributed by atoms with Crippen LogP contribution in [0.5, 0.6) is 0 Å². The van der Waals surface area contributed by atoms with Gasteiger partial charge in [-0.3, -0.25) is 4.98 Å². The number of nitrogens with two attached hydrogens (primary N) is 1. The van der Waals surface area contributed by atoms with E-state index in [0.29, 0.717) is 0 Å². The topological polar surface area (TPSA) is 51.4 Å². The maximum Gasteiger partial charge on any atom is 0.0956 e. The molecule has 1 atom stereocenters. The van der Waals surface area contributed by atoms with Crippen LogP contribution in [0.25, 0.3) is 10.9 Å². The van der Waals surface area contributed by atoms with E-state index in [-0.39, 0.29) is 6.10 Å². The summed E-state index contributed by atoms with van der Waals surface area (Å²) < 4.78 is 6.66. The Labute approximate surface area is 127 Å². The molecule has 0 spiro atoms. The molecule has 0 aliphatic carbocycles. The molecule has 2 aromatic rings. The van der Waals surface area contributed by atoms with Crippen molar-refractivity contribution in [2.75, 3.05) is 30.3 Å². The fourth-order valence-corrected chi connectivity index (χ4v) is 3.00. The molecule has 0 radical (unpaired) electrons. The lowest BCUT2D eigenvalue weighted by Crippen LogP contribution is -2.30. The number of fused-ring (bicyclic) bond motifs is 1. The smallest absolute Gasteiger partial charge is 0.0956 e. The fraction of sp³-hybridized carbons (Fsp3) is 0.400. The zero-order valence-corrected chi connectivity index (χ0v) is 13.1. The summed E-state index contributed by atoms with van der Waals surface area (Å²) in [4.78, 5) is 6.91. The highest BCUT2D eigenvalue weighted by molar-refractivity contribution is 9.10. The highest BCUT2D eigenvalue weighted by Gasteiger charge is 2.18. The molecule has 1 saturated heterocycles. The van der Waals surface area contributed by atoms with Crippen molar-refractivity contribution < 1.29 is 4.74 Å². The van der Waals surface area contributed by atoms with Gasteiger partial charge in [-0.25, -0.2) is 0 Å². The van der Waals surface area contributed by atoms with E-state index < -0.39 is 0 Å². The molecule has 1 fully saturated rings. The molecule has 5 heteroatoms. The van der Waals surface area contributed by atoms with Crippen molar-refractivity contribution in [3.63, 3.8) is 0 Å². The van der Waals surface area contributed by atoms with Gasteiger partial charge in [0.05, 0.1) is 17.3 Å². The average molecular weight is 336 g/mol. The summed E-state index contributed by atoms with van der Waals surface area (Å²) in [5, 5.41) is 0.995. The molecule has 0 bridgehead atoms. The molecule has 3 rings (SSSR count). The van der Waals surface area contributed by atoms with Crippen LogP contribution in [0.3, 0.4) is 0 Å². The summed E-state index contributed by atoms with van der Waals surface area (Å²) in [5.41, 5.74) is 8.94. The quantitative estimate of drug-likeness (QED) is 0.813. The molecule has 1 unspecified atom stereocenters. The number of rotatable bonds is 1. The van der Waals surface area contributed by atoms with Crippen LogP contribution in [-0.2, 0) is 4.74 Å². The number of nitrogens with zero attached hydrogens (tertiary/aromatic N) is 2. The summed E-state index contributed by atoms with van der Waals surface area (Å²) in [7, 11) is 0. The van der Waals surface area contributed by atoms with Gasteiger partial charge in [-0.05, 0) is 47.5 Å². The third-order valence-electron chi connectivity index (χ3n) is 3.62. The van der Waals surface area contributed by atoms with Gasteiger partial charge in [-0.1, -0.05) is 0 Å². The second-order valence-electron chi connectivity index (χ2n) is 5.20. The number of aromatic nitrogens is 1. The number of hydrogen-bond donors (Lipinski definition) is 1. The SMILES string of the molecule is CC1CN(c2ccc(N)c3cc(Br)cnc23)CCCO1. The number of nitrogen functional groups attached to an aromatic ring is 1. The van der Waals surface area contributed by atoms with Crippen molar-refractivity contribution in [3.05, 3.63) is 28.9 Å². The summed E-state index contributed by atoms with van der Waals surface area (Å²) in [6.45, 7) is 4.81. The zero-order chi connectivity index (χ0) is 14.1. The summed E-state index contributed by atoms with van der Waals surface area (Å²) in [6, 6.07) is 6.05. The van der Waals surface area contributed by atoms with Gasteiger partial charge in [0.2, 0.25) is 0 Å². The van der Waals surface area contributed by atoms with E-state index >= 15 is 0 Å². The molecule has 1 aromatic carbocycles. The van der Waals surface area contributed by atoms with Crippen LogP contribution in [0.2, 0.25) is 0 Å². The van der Waals surface area contributed by atoms with E-state index in [4.69, 9.17) is 10.5 Å². The average Bonchev–Trinajstić information content (AvgIpc) is 2.64. The molecule has 1 aliphatic heterocycles. The first-order chi connectivity index (χ1) is 9.65. The molecule has 106 valence electrons. The molecule has 1 aromatic heterocycles. The Kier molecular flexibility index (Phi) is 3.81. The minimum absolute atomic E-state index is 0.237. The van der Waals surface area contributed by atoms with Crippen LogP contribution in [0, 0.1) is 0 Å². The van der Waals surface area contributed by atoms with Crippen LogP contribution < -0.4 is 10.6 Å². The van der Waals surface area contributed by atoms with Crippen LogP contribution in [0.1, 0.15) is 13.3 Å². The summed E-state index contributed by atoms with van der Waals surface area (Å²) in [6.07, 6.45) is 3.09. The molecule has 2 heterocycles. The number of ether oxygens (including phenoxy) is 1. The highest BCUT2D eigenvalue weighted by Crippen LogP contribution is 2.31. The van der Waals surface area contributed by atoms with Gasteiger partial charge in [0.25, 0.3) is 0 Å². The third-order valence-corrected chi connectivity index (χ3v) is 4.06. The number of benzene rings is 1. The molecule has 0 saturated carbocycles. The number of anilines is 2. The van der Waals surface area contributed by atoms with Gasteiger partial charge in [0.1, 0.15) is 0 Å². The van der Waals surface area contributed by atoms with Gasteiger partial charge < -0.3 is 15.4 Å². The second kappa shape index (κ2) is 5.58.